The van der Waals surface area contributed by atoms with Gasteiger partial charge in [-0.15, -0.1) is 23.1 Å². The molecule has 2 amide bonds. The van der Waals surface area contributed by atoms with Gasteiger partial charge in [-0.2, -0.15) is 0 Å². The minimum absolute atomic E-state index is 0.0809. The number of hydrogen-bond acceptors (Lipinski definition) is 6. The molecule has 0 saturated carbocycles. The first-order valence-electron chi connectivity index (χ1n) is 9.43. The highest BCUT2D eigenvalue weighted by atomic mass is 32.2. The van der Waals surface area contributed by atoms with E-state index in [1.165, 1.54) is 23.1 Å². The minimum Gasteiger partial charge on any atom is -0.497 e. The number of nitrogens with one attached hydrogen (secondary N) is 2. The lowest BCUT2D eigenvalue weighted by Crippen LogP contribution is -2.24. The van der Waals surface area contributed by atoms with Gasteiger partial charge in [0.25, 0.3) is 5.91 Å². The number of carbonyl (C=O) groups is 2. The van der Waals surface area contributed by atoms with Gasteiger partial charge in [-0.3, -0.25) is 9.59 Å². The number of thioether (sulfide) groups is 1. The van der Waals surface area contributed by atoms with Gasteiger partial charge < -0.3 is 15.4 Å². The van der Waals surface area contributed by atoms with E-state index in [1.807, 2.05) is 43.5 Å². The van der Waals surface area contributed by atoms with Gasteiger partial charge in [-0.05, 0) is 49.7 Å². The number of anilines is 2. The van der Waals surface area contributed by atoms with Crippen molar-refractivity contribution >= 4 is 45.7 Å². The Balaban J connectivity index is 1.66. The Hall–Kier alpha value is -2.84. The normalized spacial score (nSPS) is 11.6. The molecule has 6 nitrogen and oxygen atoms in total. The first-order chi connectivity index (χ1) is 14.5. The van der Waals surface area contributed by atoms with Crippen molar-refractivity contribution in [3.05, 3.63) is 65.2 Å². The van der Waals surface area contributed by atoms with Gasteiger partial charge in [-0.1, -0.05) is 19.1 Å². The number of thiazole rings is 1. The molecule has 3 aromatic rings. The van der Waals surface area contributed by atoms with Gasteiger partial charge in [0.2, 0.25) is 5.91 Å². The summed E-state index contributed by atoms with van der Waals surface area (Å²) in [6, 6.07) is 14.5. The van der Waals surface area contributed by atoms with Gasteiger partial charge in [0.15, 0.2) is 5.13 Å². The van der Waals surface area contributed by atoms with Gasteiger partial charge in [0.05, 0.1) is 18.1 Å². The largest absolute Gasteiger partial charge is 0.497 e. The van der Waals surface area contributed by atoms with Crippen LogP contribution in [0.15, 0.2) is 58.8 Å². The van der Waals surface area contributed by atoms with Gasteiger partial charge in [0.1, 0.15) is 5.75 Å². The number of carbonyl (C=O) groups excluding carboxylic acids is 2. The Morgan fingerprint density at radius 3 is 2.67 bits per heavy atom. The van der Waals surface area contributed by atoms with Crippen molar-refractivity contribution in [3.63, 3.8) is 0 Å². The third-order valence-electron chi connectivity index (χ3n) is 4.21. The van der Waals surface area contributed by atoms with Crippen LogP contribution in [0.25, 0.3) is 0 Å². The van der Waals surface area contributed by atoms with Crippen LogP contribution in [-0.2, 0) is 4.79 Å². The van der Waals surface area contributed by atoms with E-state index >= 15 is 0 Å². The molecule has 0 aliphatic rings. The van der Waals surface area contributed by atoms with Crippen molar-refractivity contribution in [2.75, 3.05) is 17.7 Å². The van der Waals surface area contributed by atoms with Crippen LogP contribution in [0, 0.1) is 6.92 Å². The molecule has 1 heterocycles. The maximum absolute atomic E-state index is 12.6. The van der Waals surface area contributed by atoms with E-state index in [4.69, 9.17) is 4.74 Å². The quantitative estimate of drug-likeness (QED) is 0.468. The van der Waals surface area contributed by atoms with Gasteiger partial charge in [-0.25, -0.2) is 4.98 Å². The van der Waals surface area contributed by atoms with Gasteiger partial charge >= 0.3 is 0 Å². The SMILES string of the molecule is CCC(Sc1cccc(NC(=O)c2cccc(OC)c2)c1)C(=O)Nc1nc(C)cs1. The maximum Gasteiger partial charge on any atom is 0.255 e. The zero-order valence-corrected chi connectivity index (χ0v) is 18.6. The van der Waals surface area contributed by atoms with E-state index in [-0.39, 0.29) is 17.1 Å². The van der Waals surface area contributed by atoms with E-state index in [9.17, 15) is 9.59 Å². The third kappa shape index (κ3) is 5.84. The summed E-state index contributed by atoms with van der Waals surface area (Å²) in [4.78, 5) is 30.3. The number of benzene rings is 2. The number of aromatic nitrogens is 1. The number of nitrogens with zero attached hydrogens (tertiary/aromatic N) is 1. The third-order valence-corrected chi connectivity index (χ3v) is 6.45. The van der Waals surface area contributed by atoms with E-state index in [0.29, 0.717) is 28.6 Å². The average Bonchev–Trinajstić information content (AvgIpc) is 3.16. The van der Waals surface area contributed by atoms with Crippen molar-refractivity contribution in [3.8, 4) is 5.75 Å². The predicted molar refractivity (Wildman–Crippen MR) is 123 cm³/mol. The Kier molecular flexibility index (Phi) is 7.48. The number of methoxy groups -OCH3 is 1. The van der Waals surface area contributed by atoms with Crippen LogP contribution >= 0.6 is 23.1 Å². The second-order valence-electron chi connectivity index (χ2n) is 6.51. The molecular weight excluding hydrogens is 418 g/mol. The molecular formula is C22H23N3O3S2. The van der Waals surface area contributed by atoms with E-state index in [2.05, 4.69) is 15.6 Å². The Labute approximate surface area is 184 Å². The number of aryl methyl sites for hydroxylation is 1. The highest BCUT2D eigenvalue weighted by Gasteiger charge is 2.19. The summed E-state index contributed by atoms with van der Waals surface area (Å²) in [6.07, 6.45) is 0.668. The maximum atomic E-state index is 12.6. The van der Waals surface area contributed by atoms with Crippen molar-refractivity contribution < 1.29 is 14.3 Å². The smallest absolute Gasteiger partial charge is 0.255 e. The van der Waals surface area contributed by atoms with Crippen LogP contribution in [0.3, 0.4) is 0 Å². The highest BCUT2D eigenvalue weighted by Crippen LogP contribution is 2.29. The van der Waals surface area contributed by atoms with Crippen LogP contribution in [0.5, 0.6) is 5.75 Å². The first-order valence-corrected chi connectivity index (χ1v) is 11.2. The molecule has 0 fully saturated rings. The molecule has 0 radical (unpaired) electrons. The second kappa shape index (κ2) is 10.3. The number of hydrogen-bond donors (Lipinski definition) is 2. The second-order valence-corrected chi connectivity index (χ2v) is 8.65. The molecule has 30 heavy (non-hydrogen) atoms. The highest BCUT2D eigenvalue weighted by molar-refractivity contribution is 8.00. The molecule has 3 rings (SSSR count). The molecule has 8 heteroatoms. The van der Waals surface area contributed by atoms with Crippen LogP contribution in [0.2, 0.25) is 0 Å². The molecule has 0 bridgehead atoms. The fourth-order valence-electron chi connectivity index (χ4n) is 2.70. The summed E-state index contributed by atoms with van der Waals surface area (Å²) in [7, 11) is 1.56. The Morgan fingerprint density at radius 1 is 1.17 bits per heavy atom. The van der Waals surface area contributed by atoms with Gasteiger partial charge in [0, 0.05) is 21.5 Å². The van der Waals surface area contributed by atoms with Crippen molar-refractivity contribution in [2.45, 2.75) is 30.4 Å². The van der Waals surface area contributed by atoms with Crippen molar-refractivity contribution in [2.24, 2.45) is 0 Å². The standard InChI is InChI=1S/C22H23N3O3S2/c1-4-19(21(27)25-22-23-14(2)13-29-22)30-18-10-6-8-16(12-18)24-20(26)15-7-5-9-17(11-15)28-3/h5-13,19H,4H2,1-3H3,(H,24,26)(H,23,25,27). The Morgan fingerprint density at radius 2 is 1.97 bits per heavy atom. The minimum atomic E-state index is -0.265. The summed E-state index contributed by atoms with van der Waals surface area (Å²) < 4.78 is 5.17. The number of rotatable bonds is 8. The fraction of sp³-hybridized carbons (Fsp3) is 0.227. The molecule has 2 N–H and O–H groups in total. The van der Waals surface area contributed by atoms with Crippen LogP contribution in [-0.4, -0.2) is 29.2 Å². The lowest BCUT2D eigenvalue weighted by molar-refractivity contribution is -0.115. The number of amides is 2. The van der Waals surface area contributed by atoms with E-state index in [1.54, 1.807) is 31.4 Å². The summed E-state index contributed by atoms with van der Waals surface area (Å²) in [5.74, 6) is 0.321. The molecule has 0 aliphatic heterocycles. The lowest BCUT2D eigenvalue weighted by atomic mass is 10.2. The monoisotopic (exact) mass is 441 g/mol. The zero-order chi connectivity index (χ0) is 21.5. The molecule has 156 valence electrons. The lowest BCUT2D eigenvalue weighted by Gasteiger charge is -2.14. The van der Waals surface area contributed by atoms with Crippen LogP contribution < -0.4 is 15.4 Å². The molecule has 1 atom stereocenters. The zero-order valence-electron chi connectivity index (χ0n) is 17.0. The van der Waals surface area contributed by atoms with Crippen molar-refractivity contribution in [1.82, 2.24) is 4.98 Å². The topological polar surface area (TPSA) is 80.3 Å². The summed E-state index contributed by atoms with van der Waals surface area (Å²) >= 11 is 2.87. The van der Waals surface area contributed by atoms with E-state index in [0.717, 1.165) is 10.6 Å². The summed E-state index contributed by atoms with van der Waals surface area (Å²) in [5.41, 5.74) is 2.06. The summed E-state index contributed by atoms with van der Waals surface area (Å²) in [6.45, 7) is 3.86. The molecule has 0 saturated heterocycles. The van der Waals surface area contributed by atoms with Crippen LogP contribution in [0.4, 0.5) is 10.8 Å². The van der Waals surface area contributed by atoms with E-state index < -0.39 is 0 Å². The fourth-order valence-corrected chi connectivity index (χ4v) is 4.40. The molecule has 2 aromatic carbocycles. The van der Waals surface area contributed by atoms with Crippen LogP contribution in [0.1, 0.15) is 29.4 Å². The first kappa shape index (κ1) is 21.9. The number of ether oxygens (including phenoxy) is 1. The van der Waals surface area contributed by atoms with Crippen molar-refractivity contribution in [1.29, 1.82) is 0 Å². The molecule has 1 aromatic heterocycles. The predicted octanol–water partition coefficient (Wildman–Crippen LogP) is 5.22. The average molecular weight is 442 g/mol. The molecule has 0 aliphatic carbocycles. The summed E-state index contributed by atoms with van der Waals surface area (Å²) in [5, 5.41) is 8.02. The molecule has 1 unspecified atom stereocenters. The Bertz CT molecular complexity index is 1040. The molecule has 0 spiro atoms.